The Labute approximate surface area is 109 Å². The highest BCUT2D eigenvalue weighted by Gasteiger charge is 2.65. The Morgan fingerprint density at radius 2 is 1.89 bits per heavy atom. The van der Waals surface area contributed by atoms with E-state index in [1.54, 1.807) is 0 Å². The van der Waals surface area contributed by atoms with Crippen molar-refractivity contribution >= 4 is 11.6 Å². The zero-order valence-corrected chi connectivity index (χ0v) is 11.8. The molecule has 0 radical (unpaired) electrons. The summed E-state index contributed by atoms with van der Waals surface area (Å²) < 4.78 is 0. The molecule has 1 N–H and O–H groups in total. The van der Waals surface area contributed by atoms with Crippen LogP contribution in [-0.2, 0) is 9.59 Å². The van der Waals surface area contributed by atoms with Crippen LogP contribution in [0.5, 0.6) is 0 Å². The molecule has 0 aromatic rings. The van der Waals surface area contributed by atoms with Crippen molar-refractivity contribution in [2.24, 2.45) is 23.2 Å². The van der Waals surface area contributed by atoms with Gasteiger partial charge in [0.15, 0.2) is 5.78 Å². The Balaban J connectivity index is 2.46. The molecule has 0 aliphatic heterocycles. The normalized spacial score (nSPS) is 45.2. The molecule has 4 unspecified atom stereocenters. The third-order valence-corrected chi connectivity index (χ3v) is 5.52. The van der Waals surface area contributed by atoms with Crippen molar-refractivity contribution in [2.45, 2.75) is 59.0 Å². The zero-order chi connectivity index (χ0) is 13.7. The first kappa shape index (κ1) is 13.7. The van der Waals surface area contributed by atoms with Crippen molar-refractivity contribution < 1.29 is 14.7 Å². The summed E-state index contributed by atoms with van der Waals surface area (Å²) in [7, 11) is 0. The second kappa shape index (κ2) is 4.16. The fraction of sp³-hybridized carbons (Fsp3) is 0.867. The lowest BCUT2D eigenvalue weighted by molar-refractivity contribution is -0.164. The third-order valence-electron chi connectivity index (χ3n) is 5.52. The van der Waals surface area contributed by atoms with Gasteiger partial charge in [0.1, 0.15) is 11.4 Å². The van der Waals surface area contributed by atoms with E-state index in [0.29, 0.717) is 12.8 Å². The maximum atomic E-state index is 12.2. The molecule has 0 aromatic carbocycles. The first-order chi connectivity index (χ1) is 8.25. The van der Waals surface area contributed by atoms with Gasteiger partial charge in [0.05, 0.1) is 0 Å². The molecule has 2 rings (SSSR count). The minimum absolute atomic E-state index is 0.0626. The maximum Gasteiger partial charge on any atom is 0.165 e. The predicted molar refractivity (Wildman–Crippen MR) is 69.0 cm³/mol. The Morgan fingerprint density at radius 1 is 1.28 bits per heavy atom. The van der Waals surface area contributed by atoms with E-state index in [1.165, 1.54) is 0 Å². The van der Waals surface area contributed by atoms with Crippen molar-refractivity contribution in [1.29, 1.82) is 0 Å². The largest absolute Gasteiger partial charge is 0.381 e. The van der Waals surface area contributed by atoms with Gasteiger partial charge in [-0.05, 0) is 24.7 Å². The summed E-state index contributed by atoms with van der Waals surface area (Å²) in [5.41, 5.74) is -1.82. The van der Waals surface area contributed by atoms with E-state index in [0.717, 1.165) is 12.8 Å². The van der Waals surface area contributed by atoms with E-state index < -0.39 is 11.0 Å². The van der Waals surface area contributed by atoms with Crippen molar-refractivity contribution in [3.05, 3.63) is 0 Å². The van der Waals surface area contributed by atoms with Gasteiger partial charge in [-0.25, -0.2) is 0 Å². The molecule has 102 valence electrons. The minimum Gasteiger partial charge on any atom is -0.381 e. The number of ketones is 2. The van der Waals surface area contributed by atoms with E-state index in [1.807, 2.05) is 27.7 Å². The van der Waals surface area contributed by atoms with Crippen LogP contribution in [0, 0.1) is 23.2 Å². The second-order valence-electron chi connectivity index (χ2n) is 6.69. The van der Waals surface area contributed by atoms with Crippen LogP contribution >= 0.6 is 0 Å². The minimum atomic E-state index is -1.30. The number of carbonyl (C=O) groups is 2. The molecule has 3 nitrogen and oxygen atoms in total. The van der Waals surface area contributed by atoms with Crippen LogP contribution < -0.4 is 0 Å². The number of carbonyl (C=O) groups excluding carboxylic acids is 2. The summed E-state index contributed by atoms with van der Waals surface area (Å²) in [6.45, 7) is 7.74. The molecule has 2 fully saturated rings. The molecule has 4 atom stereocenters. The zero-order valence-electron chi connectivity index (χ0n) is 11.8. The van der Waals surface area contributed by atoms with Crippen LogP contribution in [0.15, 0.2) is 0 Å². The SMILES string of the molecule is CC1CCC2(CC1=O)C(C)CC(=O)C2(O)C(C)C. The quantitative estimate of drug-likeness (QED) is 0.779. The van der Waals surface area contributed by atoms with Gasteiger partial charge in [0.2, 0.25) is 0 Å². The highest BCUT2D eigenvalue weighted by Crippen LogP contribution is 2.59. The molecule has 0 bridgehead atoms. The average molecular weight is 252 g/mol. The van der Waals surface area contributed by atoms with E-state index in [-0.39, 0.29) is 29.3 Å². The van der Waals surface area contributed by atoms with Crippen LogP contribution in [-0.4, -0.2) is 22.3 Å². The third kappa shape index (κ3) is 1.52. The van der Waals surface area contributed by atoms with E-state index in [4.69, 9.17) is 0 Å². The number of hydrogen-bond acceptors (Lipinski definition) is 3. The van der Waals surface area contributed by atoms with Crippen molar-refractivity contribution in [1.82, 2.24) is 0 Å². The van der Waals surface area contributed by atoms with Gasteiger partial charge in [0.25, 0.3) is 0 Å². The lowest BCUT2D eigenvalue weighted by Crippen LogP contribution is -2.57. The smallest absolute Gasteiger partial charge is 0.165 e. The van der Waals surface area contributed by atoms with Crippen LogP contribution in [0.2, 0.25) is 0 Å². The molecule has 1 spiro atoms. The second-order valence-corrected chi connectivity index (χ2v) is 6.69. The van der Waals surface area contributed by atoms with Gasteiger partial charge in [-0.1, -0.05) is 27.7 Å². The molecule has 2 aliphatic carbocycles. The average Bonchev–Trinajstić information content (AvgIpc) is 2.47. The molecule has 0 amide bonds. The Morgan fingerprint density at radius 3 is 2.39 bits per heavy atom. The van der Waals surface area contributed by atoms with Crippen molar-refractivity contribution in [2.75, 3.05) is 0 Å². The van der Waals surface area contributed by atoms with Gasteiger partial charge in [-0.15, -0.1) is 0 Å². The van der Waals surface area contributed by atoms with E-state index in [2.05, 4.69) is 0 Å². The number of aliphatic hydroxyl groups is 1. The van der Waals surface area contributed by atoms with E-state index >= 15 is 0 Å². The van der Waals surface area contributed by atoms with Gasteiger partial charge in [-0.2, -0.15) is 0 Å². The summed E-state index contributed by atoms with van der Waals surface area (Å²) >= 11 is 0. The molecule has 2 saturated carbocycles. The highest BCUT2D eigenvalue weighted by molar-refractivity contribution is 5.93. The summed E-state index contributed by atoms with van der Waals surface area (Å²) in [6, 6.07) is 0. The lowest BCUT2D eigenvalue weighted by Gasteiger charge is -2.49. The topological polar surface area (TPSA) is 54.4 Å². The molecule has 18 heavy (non-hydrogen) atoms. The van der Waals surface area contributed by atoms with Gasteiger partial charge >= 0.3 is 0 Å². The van der Waals surface area contributed by atoms with Crippen LogP contribution in [0.4, 0.5) is 0 Å². The van der Waals surface area contributed by atoms with Crippen LogP contribution in [0.1, 0.15) is 53.4 Å². The first-order valence-electron chi connectivity index (χ1n) is 7.04. The maximum absolute atomic E-state index is 12.2. The lowest BCUT2D eigenvalue weighted by atomic mass is 9.56. The summed E-state index contributed by atoms with van der Waals surface area (Å²) in [6.07, 6.45) is 2.37. The molecule has 0 aromatic heterocycles. The first-order valence-corrected chi connectivity index (χ1v) is 7.04. The van der Waals surface area contributed by atoms with Gasteiger partial charge < -0.3 is 5.11 Å². The van der Waals surface area contributed by atoms with Crippen molar-refractivity contribution in [3.63, 3.8) is 0 Å². The molecular formula is C15H24O3. The monoisotopic (exact) mass is 252 g/mol. The highest BCUT2D eigenvalue weighted by atomic mass is 16.3. The van der Waals surface area contributed by atoms with E-state index in [9.17, 15) is 14.7 Å². The fourth-order valence-electron chi connectivity index (χ4n) is 4.13. The molecule has 2 aliphatic rings. The number of Topliss-reactive ketones (excluding diaryl/α,β-unsaturated/α-hetero) is 2. The fourth-order valence-corrected chi connectivity index (χ4v) is 4.13. The predicted octanol–water partition coefficient (Wildman–Crippen LogP) is 2.36. The number of hydrogen-bond donors (Lipinski definition) is 1. The number of rotatable bonds is 1. The summed E-state index contributed by atoms with van der Waals surface area (Å²) in [4.78, 5) is 24.3. The molecule has 0 saturated heterocycles. The molecule has 3 heteroatoms. The van der Waals surface area contributed by atoms with Crippen LogP contribution in [0.25, 0.3) is 0 Å². The standard InChI is InChI=1S/C15H24O3/c1-9(2)15(18)13(17)7-11(4)14(15)6-5-10(3)12(16)8-14/h9-11,18H,5-8H2,1-4H3. The Bertz CT molecular complexity index is 387. The molecular weight excluding hydrogens is 228 g/mol. The van der Waals surface area contributed by atoms with Gasteiger partial charge in [-0.3, -0.25) is 9.59 Å². The van der Waals surface area contributed by atoms with Crippen LogP contribution in [0.3, 0.4) is 0 Å². The van der Waals surface area contributed by atoms with Gasteiger partial charge in [0, 0.05) is 24.2 Å². The summed E-state index contributed by atoms with van der Waals surface area (Å²) in [5, 5.41) is 11.0. The van der Waals surface area contributed by atoms with Crippen molar-refractivity contribution in [3.8, 4) is 0 Å². The molecule has 0 heterocycles. The Kier molecular flexibility index (Phi) is 3.17. The Hall–Kier alpha value is -0.700. The summed E-state index contributed by atoms with van der Waals surface area (Å²) in [5.74, 6) is 0.203.